The molecule has 1 amide bonds. The molecule has 19 heavy (non-hydrogen) atoms. The summed E-state index contributed by atoms with van der Waals surface area (Å²) in [5, 5.41) is 11.6. The van der Waals surface area contributed by atoms with E-state index in [9.17, 15) is 4.79 Å². The van der Waals surface area contributed by atoms with Gasteiger partial charge in [-0.15, -0.1) is 0 Å². The van der Waals surface area contributed by atoms with Crippen LogP contribution in [-0.2, 0) is 4.79 Å². The summed E-state index contributed by atoms with van der Waals surface area (Å²) in [6, 6.07) is 0. The van der Waals surface area contributed by atoms with E-state index in [0.717, 1.165) is 11.8 Å². The standard InChI is InChI=1S/C14H23N3O2/c1-17(7-12(15)16-19)14(18)13-10-3-8-2-9(5-10)6-11(13)4-8/h8-11,13,19H,2-7H2,1H3,(H2,15,16). The second-order valence-corrected chi connectivity index (χ2v) is 6.74. The number of carbonyl (C=O) groups is 1. The lowest BCUT2D eigenvalue weighted by Gasteiger charge is -2.54. The summed E-state index contributed by atoms with van der Waals surface area (Å²) in [6.07, 6.45) is 6.34. The van der Waals surface area contributed by atoms with Crippen molar-refractivity contribution in [2.24, 2.45) is 40.5 Å². The molecule has 4 fully saturated rings. The fourth-order valence-corrected chi connectivity index (χ4v) is 4.94. The molecule has 4 saturated carbocycles. The number of nitrogens with two attached hydrogens (primary N) is 1. The van der Waals surface area contributed by atoms with Crippen molar-refractivity contribution >= 4 is 11.7 Å². The Morgan fingerprint density at radius 2 is 1.74 bits per heavy atom. The molecule has 0 unspecified atom stereocenters. The van der Waals surface area contributed by atoms with Crippen molar-refractivity contribution < 1.29 is 10.0 Å². The van der Waals surface area contributed by atoms with Gasteiger partial charge in [0.25, 0.3) is 0 Å². The predicted octanol–water partition coefficient (Wildman–Crippen LogP) is 1.26. The van der Waals surface area contributed by atoms with Gasteiger partial charge in [0.15, 0.2) is 5.84 Å². The molecule has 0 aromatic carbocycles. The Hall–Kier alpha value is -1.26. The van der Waals surface area contributed by atoms with Crippen molar-refractivity contribution in [3.05, 3.63) is 0 Å². The van der Waals surface area contributed by atoms with Crippen LogP contribution in [-0.4, -0.2) is 35.4 Å². The summed E-state index contributed by atoms with van der Waals surface area (Å²) in [7, 11) is 1.76. The van der Waals surface area contributed by atoms with E-state index in [2.05, 4.69) is 5.16 Å². The smallest absolute Gasteiger partial charge is 0.226 e. The van der Waals surface area contributed by atoms with Crippen LogP contribution in [0.3, 0.4) is 0 Å². The number of oxime groups is 1. The first-order chi connectivity index (χ1) is 9.08. The van der Waals surface area contributed by atoms with Gasteiger partial charge in [0, 0.05) is 13.0 Å². The normalized spacial score (nSPS) is 40.5. The van der Waals surface area contributed by atoms with Gasteiger partial charge < -0.3 is 15.8 Å². The van der Waals surface area contributed by atoms with Crippen LogP contribution in [0.5, 0.6) is 0 Å². The van der Waals surface area contributed by atoms with Crippen molar-refractivity contribution in [3.63, 3.8) is 0 Å². The zero-order valence-corrected chi connectivity index (χ0v) is 11.5. The van der Waals surface area contributed by atoms with Gasteiger partial charge in [-0.3, -0.25) is 4.79 Å². The molecule has 0 aromatic heterocycles. The predicted molar refractivity (Wildman–Crippen MR) is 71.6 cm³/mol. The first-order valence-electron chi connectivity index (χ1n) is 7.29. The summed E-state index contributed by atoms with van der Waals surface area (Å²) in [4.78, 5) is 14.2. The molecule has 4 bridgehead atoms. The molecule has 0 aliphatic heterocycles. The van der Waals surface area contributed by atoms with Crippen LogP contribution < -0.4 is 5.73 Å². The quantitative estimate of drug-likeness (QED) is 0.349. The molecule has 4 aliphatic carbocycles. The molecule has 0 spiro atoms. The molecule has 106 valence electrons. The molecule has 4 aliphatic rings. The van der Waals surface area contributed by atoms with Gasteiger partial charge in [-0.2, -0.15) is 0 Å². The van der Waals surface area contributed by atoms with Crippen LogP contribution in [0.1, 0.15) is 32.1 Å². The largest absolute Gasteiger partial charge is 0.409 e. The Morgan fingerprint density at radius 1 is 1.21 bits per heavy atom. The maximum absolute atomic E-state index is 12.6. The Labute approximate surface area is 113 Å². The minimum atomic E-state index is 0.0969. The van der Waals surface area contributed by atoms with Crippen molar-refractivity contribution in [3.8, 4) is 0 Å². The molecular weight excluding hydrogens is 242 g/mol. The SMILES string of the molecule is CN(CC(N)=NO)C(=O)C1C2CC3CC(C2)CC1C3. The Bertz CT molecular complexity index is 379. The van der Waals surface area contributed by atoms with Gasteiger partial charge in [-0.1, -0.05) is 5.16 Å². The molecule has 0 heterocycles. The van der Waals surface area contributed by atoms with E-state index < -0.39 is 0 Å². The van der Waals surface area contributed by atoms with E-state index in [1.54, 1.807) is 11.9 Å². The number of nitrogens with zero attached hydrogens (tertiary/aromatic N) is 2. The highest BCUT2D eigenvalue weighted by Crippen LogP contribution is 2.56. The average Bonchev–Trinajstić information content (AvgIpc) is 2.36. The third kappa shape index (κ3) is 2.19. The number of hydrogen-bond acceptors (Lipinski definition) is 3. The summed E-state index contributed by atoms with van der Waals surface area (Å²) in [5.41, 5.74) is 5.49. The molecule has 0 saturated heterocycles. The van der Waals surface area contributed by atoms with Crippen LogP contribution >= 0.6 is 0 Å². The number of likely N-dealkylation sites (N-methyl/N-ethyl adjacent to an activating group) is 1. The summed E-state index contributed by atoms with van der Waals surface area (Å²) in [6.45, 7) is 0.220. The minimum absolute atomic E-state index is 0.0969. The second-order valence-electron chi connectivity index (χ2n) is 6.74. The number of carbonyl (C=O) groups excluding carboxylic acids is 1. The van der Waals surface area contributed by atoms with Crippen LogP contribution in [0.4, 0.5) is 0 Å². The van der Waals surface area contributed by atoms with Crippen molar-refractivity contribution in [1.29, 1.82) is 0 Å². The number of amidine groups is 1. The lowest BCUT2D eigenvalue weighted by atomic mass is 9.51. The lowest BCUT2D eigenvalue weighted by Crippen LogP contribution is -2.52. The molecule has 3 N–H and O–H groups in total. The highest BCUT2D eigenvalue weighted by Gasteiger charge is 2.51. The van der Waals surface area contributed by atoms with Gasteiger partial charge in [0.1, 0.15) is 0 Å². The van der Waals surface area contributed by atoms with E-state index in [-0.39, 0.29) is 24.2 Å². The highest BCUT2D eigenvalue weighted by molar-refractivity contribution is 5.87. The molecule has 5 nitrogen and oxygen atoms in total. The maximum Gasteiger partial charge on any atom is 0.226 e. The van der Waals surface area contributed by atoms with Crippen LogP contribution in [0.2, 0.25) is 0 Å². The lowest BCUT2D eigenvalue weighted by molar-refractivity contribution is -0.147. The van der Waals surface area contributed by atoms with Gasteiger partial charge >= 0.3 is 0 Å². The first kappa shape index (κ1) is 12.8. The molecule has 5 heteroatoms. The van der Waals surface area contributed by atoms with Gasteiger partial charge in [-0.25, -0.2) is 0 Å². The Balaban J connectivity index is 1.70. The van der Waals surface area contributed by atoms with E-state index in [1.165, 1.54) is 32.1 Å². The van der Waals surface area contributed by atoms with E-state index >= 15 is 0 Å². The van der Waals surface area contributed by atoms with Gasteiger partial charge in [0.2, 0.25) is 5.91 Å². The number of hydrogen-bond donors (Lipinski definition) is 2. The third-order valence-electron chi connectivity index (χ3n) is 5.42. The molecule has 0 aromatic rings. The summed E-state index contributed by atoms with van der Waals surface area (Å²) in [5.74, 6) is 3.39. The van der Waals surface area contributed by atoms with Crippen molar-refractivity contribution in [1.82, 2.24) is 4.90 Å². The summed E-state index contributed by atoms with van der Waals surface area (Å²) >= 11 is 0. The maximum atomic E-state index is 12.6. The fourth-order valence-electron chi connectivity index (χ4n) is 4.94. The van der Waals surface area contributed by atoms with Crippen LogP contribution in [0, 0.1) is 29.6 Å². The number of rotatable bonds is 3. The van der Waals surface area contributed by atoms with Crippen LogP contribution in [0.25, 0.3) is 0 Å². The Kier molecular flexibility index (Phi) is 3.15. The average molecular weight is 265 g/mol. The Morgan fingerprint density at radius 3 is 2.21 bits per heavy atom. The van der Waals surface area contributed by atoms with Crippen molar-refractivity contribution in [2.45, 2.75) is 32.1 Å². The van der Waals surface area contributed by atoms with Crippen LogP contribution in [0.15, 0.2) is 5.16 Å². The van der Waals surface area contributed by atoms with E-state index in [1.807, 2.05) is 0 Å². The summed E-state index contributed by atoms with van der Waals surface area (Å²) < 4.78 is 0. The molecule has 0 atom stereocenters. The zero-order chi connectivity index (χ0) is 13.6. The minimum Gasteiger partial charge on any atom is -0.409 e. The number of amides is 1. The fraction of sp³-hybridized carbons (Fsp3) is 0.857. The highest BCUT2D eigenvalue weighted by atomic mass is 16.4. The topological polar surface area (TPSA) is 78.9 Å². The van der Waals surface area contributed by atoms with E-state index in [4.69, 9.17) is 10.9 Å². The zero-order valence-electron chi connectivity index (χ0n) is 11.5. The molecular formula is C14H23N3O2. The van der Waals surface area contributed by atoms with Gasteiger partial charge in [-0.05, 0) is 55.8 Å². The van der Waals surface area contributed by atoms with E-state index in [0.29, 0.717) is 11.8 Å². The monoisotopic (exact) mass is 265 g/mol. The van der Waals surface area contributed by atoms with Crippen molar-refractivity contribution in [2.75, 3.05) is 13.6 Å². The van der Waals surface area contributed by atoms with Gasteiger partial charge in [0.05, 0.1) is 6.54 Å². The molecule has 4 rings (SSSR count). The third-order valence-corrected chi connectivity index (χ3v) is 5.42. The first-order valence-corrected chi connectivity index (χ1v) is 7.29. The molecule has 0 radical (unpaired) electrons. The second kappa shape index (κ2) is 4.69.